The van der Waals surface area contributed by atoms with Crippen molar-refractivity contribution in [2.24, 2.45) is 5.92 Å². The molecule has 1 aliphatic rings. The van der Waals surface area contributed by atoms with Crippen LogP contribution >= 0.6 is 0 Å². The highest BCUT2D eigenvalue weighted by molar-refractivity contribution is 5.72. The van der Waals surface area contributed by atoms with Gasteiger partial charge in [0.1, 0.15) is 11.5 Å². The Kier molecular flexibility index (Phi) is 5.88. The lowest BCUT2D eigenvalue weighted by molar-refractivity contribution is -0.142. The van der Waals surface area contributed by atoms with Crippen LogP contribution in [0.4, 0.5) is 0 Å². The molecule has 0 fully saturated rings. The normalized spacial score (nSPS) is 16.3. The fourth-order valence-corrected chi connectivity index (χ4v) is 4.40. The van der Waals surface area contributed by atoms with Crippen LogP contribution in [-0.4, -0.2) is 22.7 Å². The molecule has 2 aromatic carbocycles. The van der Waals surface area contributed by atoms with Gasteiger partial charge < -0.3 is 14.3 Å². The number of aliphatic carboxylic acids is 1. The first-order valence-electron chi connectivity index (χ1n) is 10.6. The van der Waals surface area contributed by atoms with Crippen molar-refractivity contribution in [1.82, 2.24) is 4.98 Å². The van der Waals surface area contributed by atoms with Gasteiger partial charge in [-0.2, -0.15) is 0 Å². The van der Waals surface area contributed by atoms with Crippen molar-refractivity contribution in [3.8, 4) is 17.2 Å². The highest BCUT2D eigenvalue weighted by Crippen LogP contribution is 2.41. The summed E-state index contributed by atoms with van der Waals surface area (Å²) in [6.07, 6.45) is 3.12. The van der Waals surface area contributed by atoms with E-state index in [1.165, 1.54) is 5.56 Å². The zero-order valence-corrected chi connectivity index (χ0v) is 17.4. The van der Waals surface area contributed by atoms with E-state index in [1.54, 1.807) is 0 Å². The summed E-state index contributed by atoms with van der Waals surface area (Å²) in [6.45, 7) is 4.39. The highest BCUT2D eigenvalue weighted by Gasteiger charge is 2.33. The van der Waals surface area contributed by atoms with Gasteiger partial charge in [0.25, 0.3) is 0 Å². The standard InChI is InChI=1S/C25H27NO4/c1-3-20(25(27)28)22-11-9-18-15-19(10-12-21(18)22)29-14-13-23-16(2)30-24(26-23)17-7-5-4-6-8-17/h4-8,10,12,15,20,22H,3,9,11,13-14H2,1-2H3,(H,27,28)/t20-,22?/m0/s1. The maximum absolute atomic E-state index is 11.6. The van der Waals surface area contributed by atoms with Crippen LogP contribution in [0.15, 0.2) is 52.9 Å². The smallest absolute Gasteiger partial charge is 0.307 e. The molecule has 1 aromatic heterocycles. The Labute approximate surface area is 176 Å². The molecule has 5 nitrogen and oxygen atoms in total. The third-order valence-electron chi connectivity index (χ3n) is 6.00. The fourth-order valence-electron chi connectivity index (χ4n) is 4.40. The van der Waals surface area contributed by atoms with Gasteiger partial charge in [-0.25, -0.2) is 4.98 Å². The van der Waals surface area contributed by atoms with Crippen LogP contribution in [0.5, 0.6) is 5.75 Å². The molecule has 30 heavy (non-hydrogen) atoms. The summed E-state index contributed by atoms with van der Waals surface area (Å²) < 4.78 is 11.8. The van der Waals surface area contributed by atoms with Crippen LogP contribution < -0.4 is 4.74 Å². The van der Waals surface area contributed by atoms with Crippen molar-refractivity contribution in [2.75, 3.05) is 6.61 Å². The van der Waals surface area contributed by atoms with Gasteiger partial charge in [0.2, 0.25) is 5.89 Å². The molecule has 0 saturated carbocycles. The lowest BCUT2D eigenvalue weighted by Crippen LogP contribution is -2.19. The molecule has 1 N–H and O–H groups in total. The van der Waals surface area contributed by atoms with E-state index in [1.807, 2.05) is 56.3 Å². The minimum Gasteiger partial charge on any atom is -0.493 e. The maximum Gasteiger partial charge on any atom is 0.307 e. The maximum atomic E-state index is 11.6. The Hall–Kier alpha value is -3.08. The molecule has 1 heterocycles. The number of rotatable bonds is 8. The van der Waals surface area contributed by atoms with E-state index in [0.717, 1.165) is 41.2 Å². The van der Waals surface area contributed by atoms with E-state index in [2.05, 4.69) is 11.1 Å². The summed E-state index contributed by atoms with van der Waals surface area (Å²) in [4.78, 5) is 16.2. The fraction of sp³-hybridized carbons (Fsp3) is 0.360. The lowest BCUT2D eigenvalue weighted by atomic mass is 9.85. The van der Waals surface area contributed by atoms with E-state index in [4.69, 9.17) is 9.15 Å². The number of oxazole rings is 1. The summed E-state index contributed by atoms with van der Waals surface area (Å²) in [5, 5.41) is 9.50. The van der Waals surface area contributed by atoms with E-state index < -0.39 is 5.97 Å². The van der Waals surface area contributed by atoms with Crippen LogP contribution in [0.3, 0.4) is 0 Å². The molecule has 5 heteroatoms. The number of hydrogen-bond acceptors (Lipinski definition) is 4. The van der Waals surface area contributed by atoms with Crippen molar-refractivity contribution in [2.45, 2.75) is 45.4 Å². The second-order valence-corrected chi connectivity index (χ2v) is 7.85. The lowest BCUT2D eigenvalue weighted by Gasteiger charge is -2.19. The number of ether oxygens (including phenoxy) is 1. The van der Waals surface area contributed by atoms with Gasteiger partial charge in [0.05, 0.1) is 18.2 Å². The zero-order chi connectivity index (χ0) is 21.1. The summed E-state index contributed by atoms with van der Waals surface area (Å²) in [7, 11) is 0. The molecular weight excluding hydrogens is 378 g/mol. The number of fused-ring (bicyclic) bond motifs is 1. The summed E-state index contributed by atoms with van der Waals surface area (Å²) in [6, 6.07) is 15.9. The molecule has 156 valence electrons. The van der Waals surface area contributed by atoms with Gasteiger partial charge in [-0.3, -0.25) is 4.79 Å². The van der Waals surface area contributed by atoms with Crippen molar-refractivity contribution >= 4 is 5.97 Å². The number of aromatic nitrogens is 1. The zero-order valence-electron chi connectivity index (χ0n) is 17.4. The Bertz CT molecular complexity index is 1020. The molecule has 0 aliphatic heterocycles. The Morgan fingerprint density at radius 1 is 1.27 bits per heavy atom. The number of carboxylic acid groups (broad SMARTS) is 1. The molecule has 1 aliphatic carbocycles. The summed E-state index contributed by atoms with van der Waals surface area (Å²) in [5.74, 6) is 1.36. The second kappa shape index (κ2) is 8.74. The van der Waals surface area contributed by atoms with Crippen LogP contribution in [-0.2, 0) is 17.6 Å². The van der Waals surface area contributed by atoms with Crippen LogP contribution in [0.25, 0.3) is 11.5 Å². The molecule has 0 saturated heterocycles. The number of aryl methyl sites for hydroxylation is 2. The monoisotopic (exact) mass is 405 g/mol. The molecule has 2 atom stereocenters. The highest BCUT2D eigenvalue weighted by atomic mass is 16.5. The molecule has 0 radical (unpaired) electrons. The molecule has 1 unspecified atom stereocenters. The number of hydrogen-bond donors (Lipinski definition) is 1. The summed E-state index contributed by atoms with van der Waals surface area (Å²) in [5.41, 5.74) is 4.24. The van der Waals surface area contributed by atoms with Gasteiger partial charge in [-0.15, -0.1) is 0 Å². The second-order valence-electron chi connectivity index (χ2n) is 7.85. The number of carbonyl (C=O) groups is 1. The minimum atomic E-state index is -0.700. The first-order chi connectivity index (χ1) is 14.6. The number of carboxylic acids is 1. The van der Waals surface area contributed by atoms with Crippen LogP contribution in [0.2, 0.25) is 0 Å². The SMILES string of the molecule is CC[C@H](C(=O)O)C1CCc2cc(OCCc3nc(-c4ccccc4)oc3C)ccc21. The van der Waals surface area contributed by atoms with E-state index in [9.17, 15) is 9.90 Å². The minimum absolute atomic E-state index is 0.103. The van der Waals surface area contributed by atoms with E-state index in [-0.39, 0.29) is 11.8 Å². The molecule has 4 rings (SSSR count). The van der Waals surface area contributed by atoms with E-state index in [0.29, 0.717) is 25.3 Å². The average molecular weight is 405 g/mol. The quantitative estimate of drug-likeness (QED) is 0.542. The van der Waals surface area contributed by atoms with Gasteiger partial charge >= 0.3 is 5.97 Å². The van der Waals surface area contributed by atoms with Crippen molar-refractivity contribution in [3.05, 3.63) is 71.1 Å². The molecule has 3 aromatic rings. The molecule has 0 spiro atoms. The Morgan fingerprint density at radius 2 is 2.07 bits per heavy atom. The molecule has 0 amide bonds. The van der Waals surface area contributed by atoms with Crippen LogP contribution in [0, 0.1) is 12.8 Å². The van der Waals surface area contributed by atoms with Crippen LogP contribution in [0.1, 0.15) is 48.3 Å². The van der Waals surface area contributed by atoms with Crippen molar-refractivity contribution in [3.63, 3.8) is 0 Å². The first-order valence-corrected chi connectivity index (χ1v) is 10.6. The van der Waals surface area contributed by atoms with Gasteiger partial charge in [-0.05, 0) is 67.5 Å². The van der Waals surface area contributed by atoms with E-state index >= 15 is 0 Å². The van der Waals surface area contributed by atoms with Gasteiger partial charge in [0, 0.05) is 12.0 Å². The largest absolute Gasteiger partial charge is 0.493 e. The molecule has 0 bridgehead atoms. The Balaban J connectivity index is 1.39. The number of benzene rings is 2. The summed E-state index contributed by atoms with van der Waals surface area (Å²) >= 11 is 0. The van der Waals surface area contributed by atoms with Gasteiger partial charge in [-0.1, -0.05) is 31.2 Å². The molecular formula is C25H27NO4. The third kappa shape index (κ3) is 4.11. The predicted octanol–water partition coefficient (Wildman–Crippen LogP) is 5.41. The first kappa shape index (κ1) is 20.2. The van der Waals surface area contributed by atoms with Gasteiger partial charge in [0.15, 0.2) is 0 Å². The number of nitrogens with zero attached hydrogens (tertiary/aromatic N) is 1. The average Bonchev–Trinajstić information content (AvgIpc) is 3.33. The topological polar surface area (TPSA) is 72.6 Å². The predicted molar refractivity (Wildman–Crippen MR) is 115 cm³/mol. The Morgan fingerprint density at radius 3 is 2.80 bits per heavy atom. The third-order valence-corrected chi connectivity index (χ3v) is 6.00. The van der Waals surface area contributed by atoms with Crippen molar-refractivity contribution < 1.29 is 19.1 Å². The van der Waals surface area contributed by atoms with Crippen molar-refractivity contribution in [1.29, 1.82) is 0 Å².